The highest BCUT2D eigenvalue weighted by atomic mass is 32.2. The molecular formula is C49H31NS. The number of thioether (sulfide) groups is 1. The molecule has 0 spiro atoms. The van der Waals surface area contributed by atoms with Crippen molar-refractivity contribution in [3.63, 3.8) is 0 Å². The van der Waals surface area contributed by atoms with E-state index in [1.54, 1.807) is 0 Å². The Hall–Kier alpha value is -6.09. The van der Waals surface area contributed by atoms with Crippen LogP contribution in [-0.4, -0.2) is 0 Å². The zero-order valence-electron chi connectivity index (χ0n) is 27.7. The van der Waals surface area contributed by atoms with Gasteiger partial charge in [-0.1, -0.05) is 169 Å². The molecule has 1 nitrogen and oxygen atoms in total. The summed E-state index contributed by atoms with van der Waals surface area (Å²) < 4.78 is 0. The summed E-state index contributed by atoms with van der Waals surface area (Å²) in [7, 11) is 0. The first-order valence-electron chi connectivity index (χ1n) is 17.6. The van der Waals surface area contributed by atoms with Gasteiger partial charge in [0.25, 0.3) is 0 Å². The molecule has 1 aliphatic heterocycles. The van der Waals surface area contributed by atoms with Crippen molar-refractivity contribution in [3.8, 4) is 22.3 Å². The van der Waals surface area contributed by atoms with Gasteiger partial charge in [-0.15, -0.1) is 0 Å². The molecule has 2 heteroatoms. The van der Waals surface area contributed by atoms with Gasteiger partial charge in [0.1, 0.15) is 5.37 Å². The SMILES string of the molecule is c1ccc(C2Nc3ccc4ccc5ccc(-c6ccc(-c7ccc8c9ccccc9c9ccccc9c8c7)c7ccccc67)cc5c4c3S2)cc1. The molecule has 10 aromatic carbocycles. The molecule has 0 fully saturated rings. The van der Waals surface area contributed by atoms with Crippen LogP contribution in [0.15, 0.2) is 181 Å². The van der Waals surface area contributed by atoms with Gasteiger partial charge in [-0.3, -0.25) is 0 Å². The Kier molecular flexibility index (Phi) is 6.31. The molecule has 0 bridgehead atoms. The van der Waals surface area contributed by atoms with E-state index in [9.17, 15) is 0 Å². The molecule has 0 aromatic heterocycles. The van der Waals surface area contributed by atoms with Crippen LogP contribution >= 0.6 is 11.8 Å². The van der Waals surface area contributed by atoms with Crippen molar-refractivity contribution in [2.45, 2.75) is 10.3 Å². The van der Waals surface area contributed by atoms with Gasteiger partial charge >= 0.3 is 0 Å². The second kappa shape index (κ2) is 11.2. The van der Waals surface area contributed by atoms with Crippen molar-refractivity contribution in [1.82, 2.24) is 0 Å². The average molecular weight is 666 g/mol. The van der Waals surface area contributed by atoms with Crippen molar-refractivity contribution in [2.24, 2.45) is 0 Å². The molecule has 10 aromatic rings. The number of rotatable bonds is 3. The van der Waals surface area contributed by atoms with E-state index in [1.165, 1.54) is 103 Å². The molecule has 1 heterocycles. The average Bonchev–Trinajstić information content (AvgIpc) is 3.65. The van der Waals surface area contributed by atoms with Crippen molar-refractivity contribution >= 4 is 82.1 Å². The largest absolute Gasteiger partial charge is 0.368 e. The predicted octanol–water partition coefficient (Wildman–Crippen LogP) is 14.2. The zero-order chi connectivity index (χ0) is 33.5. The van der Waals surface area contributed by atoms with Gasteiger partial charge in [-0.05, 0) is 105 Å². The van der Waals surface area contributed by atoms with E-state index in [4.69, 9.17) is 0 Å². The maximum Gasteiger partial charge on any atom is 0.103 e. The number of hydrogen-bond donors (Lipinski definition) is 1. The molecule has 238 valence electrons. The topological polar surface area (TPSA) is 12.0 Å². The Bertz CT molecular complexity index is 3000. The van der Waals surface area contributed by atoms with Crippen LogP contribution in [0.2, 0.25) is 0 Å². The fourth-order valence-corrected chi connectivity index (χ4v) is 9.78. The molecule has 1 N–H and O–H groups in total. The Balaban J connectivity index is 1.08. The quantitative estimate of drug-likeness (QED) is 0.189. The van der Waals surface area contributed by atoms with Gasteiger partial charge in [0.15, 0.2) is 0 Å². The molecule has 0 amide bonds. The third-order valence-corrected chi connectivity index (χ3v) is 12.2. The third-order valence-electron chi connectivity index (χ3n) is 10.9. The number of anilines is 1. The summed E-state index contributed by atoms with van der Waals surface area (Å²) in [5.41, 5.74) is 7.50. The molecule has 1 atom stereocenters. The van der Waals surface area contributed by atoms with Crippen LogP contribution in [-0.2, 0) is 0 Å². The first-order valence-corrected chi connectivity index (χ1v) is 18.5. The normalized spacial score (nSPS) is 14.2. The second-order valence-corrected chi connectivity index (χ2v) is 14.8. The minimum absolute atomic E-state index is 0.202. The summed E-state index contributed by atoms with van der Waals surface area (Å²) in [6.07, 6.45) is 0. The predicted molar refractivity (Wildman–Crippen MR) is 221 cm³/mol. The van der Waals surface area contributed by atoms with Gasteiger partial charge < -0.3 is 5.32 Å². The Labute approximate surface area is 300 Å². The molecule has 11 rings (SSSR count). The zero-order valence-corrected chi connectivity index (χ0v) is 28.5. The fourth-order valence-electron chi connectivity index (χ4n) is 8.46. The van der Waals surface area contributed by atoms with E-state index in [0.717, 1.165) is 0 Å². The number of nitrogens with one attached hydrogen (secondary N) is 1. The van der Waals surface area contributed by atoms with E-state index in [1.807, 2.05) is 11.8 Å². The molecule has 0 radical (unpaired) electrons. The van der Waals surface area contributed by atoms with Crippen molar-refractivity contribution in [1.29, 1.82) is 0 Å². The summed E-state index contributed by atoms with van der Waals surface area (Å²) in [5.74, 6) is 0. The number of fused-ring (bicyclic) bond motifs is 12. The van der Waals surface area contributed by atoms with Crippen LogP contribution in [0.25, 0.3) is 86.9 Å². The van der Waals surface area contributed by atoms with Crippen molar-refractivity contribution in [3.05, 3.63) is 181 Å². The maximum absolute atomic E-state index is 3.79. The Morgan fingerprint density at radius 3 is 1.53 bits per heavy atom. The van der Waals surface area contributed by atoms with Crippen LogP contribution in [0.4, 0.5) is 5.69 Å². The lowest BCUT2D eigenvalue weighted by molar-refractivity contribution is 1.14. The lowest BCUT2D eigenvalue weighted by Crippen LogP contribution is -2.00. The van der Waals surface area contributed by atoms with Gasteiger partial charge in [0, 0.05) is 16.0 Å². The Morgan fingerprint density at radius 2 is 0.863 bits per heavy atom. The van der Waals surface area contributed by atoms with E-state index < -0.39 is 0 Å². The molecular weight excluding hydrogens is 635 g/mol. The summed E-state index contributed by atoms with van der Waals surface area (Å²) in [4.78, 5) is 1.33. The van der Waals surface area contributed by atoms with Crippen LogP contribution in [0.1, 0.15) is 10.9 Å². The number of hydrogen-bond acceptors (Lipinski definition) is 2. The van der Waals surface area contributed by atoms with Gasteiger partial charge in [0.05, 0.1) is 0 Å². The summed E-state index contributed by atoms with van der Waals surface area (Å²) in [5, 5.41) is 19.5. The van der Waals surface area contributed by atoms with Crippen LogP contribution in [0, 0.1) is 0 Å². The van der Waals surface area contributed by atoms with Crippen LogP contribution in [0.3, 0.4) is 0 Å². The lowest BCUT2D eigenvalue weighted by Gasteiger charge is -2.15. The molecule has 0 saturated heterocycles. The van der Waals surface area contributed by atoms with Crippen molar-refractivity contribution in [2.75, 3.05) is 5.32 Å². The first-order chi connectivity index (χ1) is 25.3. The standard InChI is InChI=1S/C49H31NS/c1-2-10-32(11-3-1)49-50-46-27-23-31-20-18-30-19-21-33(28-44(30)47(31)48(46)51-49)35-25-26-36(38-13-5-4-12-37(35)38)34-22-24-43-41-16-7-6-14-39(41)40-15-8-9-17-42(40)45(43)29-34/h1-29,49-50H. The molecule has 1 aliphatic rings. The third kappa shape index (κ3) is 4.43. The van der Waals surface area contributed by atoms with Crippen molar-refractivity contribution < 1.29 is 0 Å². The summed E-state index contributed by atoms with van der Waals surface area (Å²) in [6.45, 7) is 0. The van der Waals surface area contributed by atoms with E-state index in [-0.39, 0.29) is 5.37 Å². The first kappa shape index (κ1) is 28.7. The van der Waals surface area contributed by atoms with Gasteiger partial charge in [0.2, 0.25) is 0 Å². The van der Waals surface area contributed by atoms with E-state index in [0.29, 0.717) is 0 Å². The molecule has 0 saturated carbocycles. The molecule has 51 heavy (non-hydrogen) atoms. The highest BCUT2D eigenvalue weighted by Gasteiger charge is 2.25. The highest BCUT2D eigenvalue weighted by molar-refractivity contribution is 8.00. The monoisotopic (exact) mass is 665 g/mol. The van der Waals surface area contributed by atoms with Crippen LogP contribution in [0.5, 0.6) is 0 Å². The molecule has 1 unspecified atom stereocenters. The maximum atomic E-state index is 3.79. The minimum Gasteiger partial charge on any atom is -0.368 e. The number of benzene rings is 10. The summed E-state index contributed by atoms with van der Waals surface area (Å²) in [6, 6.07) is 65.1. The Morgan fingerprint density at radius 1 is 0.373 bits per heavy atom. The van der Waals surface area contributed by atoms with Gasteiger partial charge in [-0.2, -0.15) is 0 Å². The van der Waals surface area contributed by atoms with Gasteiger partial charge in [-0.25, -0.2) is 0 Å². The molecule has 0 aliphatic carbocycles. The van der Waals surface area contributed by atoms with Crippen LogP contribution < -0.4 is 5.32 Å². The highest BCUT2D eigenvalue weighted by Crippen LogP contribution is 2.51. The lowest BCUT2D eigenvalue weighted by atomic mass is 9.88. The second-order valence-electron chi connectivity index (χ2n) is 13.7. The minimum atomic E-state index is 0.202. The van der Waals surface area contributed by atoms with E-state index in [2.05, 4.69) is 181 Å². The summed E-state index contributed by atoms with van der Waals surface area (Å²) >= 11 is 1.93. The van der Waals surface area contributed by atoms with E-state index >= 15 is 0 Å². The fraction of sp³-hybridized carbons (Fsp3) is 0.0204. The smallest absolute Gasteiger partial charge is 0.103 e.